The molecule has 0 aromatic rings. The third-order valence-electron chi connectivity index (χ3n) is 3.48. The summed E-state index contributed by atoms with van der Waals surface area (Å²) in [5, 5.41) is 3.93. The van der Waals surface area contributed by atoms with Crippen molar-refractivity contribution in [1.82, 2.24) is 0 Å². The van der Waals surface area contributed by atoms with Gasteiger partial charge in [-0.05, 0) is 12.8 Å². The van der Waals surface area contributed by atoms with Crippen LogP contribution in [0.5, 0.6) is 0 Å². The minimum absolute atomic E-state index is 0.0103. The fourth-order valence-corrected chi connectivity index (χ4v) is 2.80. The summed E-state index contributed by atoms with van der Waals surface area (Å²) < 4.78 is 0. The first-order chi connectivity index (χ1) is 7.21. The predicted octanol–water partition coefficient (Wildman–Crippen LogP) is 1.85. The number of carbonyl (C=O) groups is 1. The standard InChI is InChI=1S/C12H13NO2/c1-8-6-12(15-13-8)7-9-4-2-3-5-10(9)11(12)14/h2-5,9-10H,6-7H2,1H3. The Morgan fingerprint density at radius 1 is 1.47 bits per heavy atom. The van der Waals surface area contributed by atoms with E-state index in [0.717, 1.165) is 12.1 Å². The molecule has 1 aliphatic heterocycles. The highest BCUT2D eigenvalue weighted by Crippen LogP contribution is 2.45. The summed E-state index contributed by atoms with van der Waals surface area (Å²) in [7, 11) is 0. The molecule has 3 nitrogen and oxygen atoms in total. The summed E-state index contributed by atoms with van der Waals surface area (Å²) >= 11 is 0. The van der Waals surface area contributed by atoms with Crippen molar-refractivity contribution in [3.05, 3.63) is 24.3 Å². The second kappa shape index (κ2) is 2.81. The van der Waals surface area contributed by atoms with Gasteiger partial charge < -0.3 is 4.84 Å². The van der Waals surface area contributed by atoms with Crippen molar-refractivity contribution in [2.75, 3.05) is 0 Å². The van der Waals surface area contributed by atoms with Crippen LogP contribution in [0.25, 0.3) is 0 Å². The van der Waals surface area contributed by atoms with Gasteiger partial charge in [-0.3, -0.25) is 4.79 Å². The van der Waals surface area contributed by atoms with Crippen LogP contribution in [0.3, 0.4) is 0 Å². The largest absolute Gasteiger partial charge is 0.381 e. The second-order valence-corrected chi connectivity index (χ2v) is 4.62. The van der Waals surface area contributed by atoms with Crippen LogP contribution in [0.1, 0.15) is 19.8 Å². The van der Waals surface area contributed by atoms with Crippen LogP contribution < -0.4 is 0 Å². The molecule has 0 N–H and O–H groups in total. The Balaban J connectivity index is 1.93. The molecule has 1 saturated carbocycles. The van der Waals surface area contributed by atoms with Crippen molar-refractivity contribution >= 4 is 11.5 Å². The van der Waals surface area contributed by atoms with Crippen molar-refractivity contribution in [3.8, 4) is 0 Å². The number of nitrogens with zero attached hydrogens (tertiary/aromatic N) is 1. The lowest BCUT2D eigenvalue weighted by Gasteiger charge is -2.18. The molecule has 1 spiro atoms. The number of allylic oxidation sites excluding steroid dienone is 4. The molecular weight excluding hydrogens is 190 g/mol. The van der Waals surface area contributed by atoms with Crippen molar-refractivity contribution < 1.29 is 9.63 Å². The first kappa shape index (κ1) is 8.89. The van der Waals surface area contributed by atoms with Crippen molar-refractivity contribution in [3.63, 3.8) is 0 Å². The van der Waals surface area contributed by atoms with Gasteiger partial charge in [0.05, 0.1) is 5.71 Å². The zero-order chi connectivity index (χ0) is 10.5. The molecule has 2 aliphatic carbocycles. The lowest BCUT2D eigenvalue weighted by Crippen LogP contribution is -2.35. The van der Waals surface area contributed by atoms with E-state index in [1.54, 1.807) is 0 Å². The van der Waals surface area contributed by atoms with E-state index in [4.69, 9.17) is 4.84 Å². The van der Waals surface area contributed by atoms with Crippen molar-refractivity contribution in [1.29, 1.82) is 0 Å². The maximum absolute atomic E-state index is 12.2. The molecule has 1 heterocycles. The van der Waals surface area contributed by atoms with E-state index in [-0.39, 0.29) is 11.7 Å². The summed E-state index contributed by atoms with van der Waals surface area (Å²) in [4.78, 5) is 17.6. The second-order valence-electron chi connectivity index (χ2n) is 4.62. The monoisotopic (exact) mass is 203 g/mol. The van der Waals surface area contributed by atoms with Crippen LogP contribution in [0.2, 0.25) is 0 Å². The van der Waals surface area contributed by atoms with Gasteiger partial charge in [-0.1, -0.05) is 29.5 Å². The summed E-state index contributed by atoms with van der Waals surface area (Å²) in [5.74, 6) is 0.522. The Bertz CT molecular complexity index is 408. The molecule has 0 aromatic carbocycles. The SMILES string of the molecule is CC1=NOC2(C1)CC1C=CC=CC1C2=O. The first-order valence-corrected chi connectivity index (χ1v) is 5.32. The molecule has 1 fully saturated rings. The van der Waals surface area contributed by atoms with Gasteiger partial charge in [0.2, 0.25) is 5.60 Å². The van der Waals surface area contributed by atoms with Crippen molar-refractivity contribution in [2.24, 2.45) is 17.0 Å². The van der Waals surface area contributed by atoms with Gasteiger partial charge in [-0.15, -0.1) is 0 Å². The van der Waals surface area contributed by atoms with Crippen LogP contribution in [-0.2, 0) is 9.63 Å². The molecule has 15 heavy (non-hydrogen) atoms. The number of hydrogen-bond donors (Lipinski definition) is 0. The zero-order valence-electron chi connectivity index (χ0n) is 8.64. The number of carbonyl (C=O) groups excluding carboxylic acids is 1. The molecule has 3 atom stereocenters. The van der Waals surface area contributed by atoms with E-state index >= 15 is 0 Å². The number of fused-ring (bicyclic) bond motifs is 1. The van der Waals surface area contributed by atoms with E-state index in [2.05, 4.69) is 11.2 Å². The predicted molar refractivity (Wildman–Crippen MR) is 56.4 cm³/mol. The maximum Gasteiger partial charge on any atom is 0.201 e. The molecule has 3 rings (SSSR count). The fourth-order valence-electron chi connectivity index (χ4n) is 2.80. The average molecular weight is 203 g/mol. The number of rotatable bonds is 0. The van der Waals surface area contributed by atoms with Crippen LogP contribution in [-0.4, -0.2) is 17.1 Å². The first-order valence-electron chi connectivity index (χ1n) is 5.32. The molecule has 78 valence electrons. The molecular formula is C12H13NO2. The fraction of sp³-hybridized carbons (Fsp3) is 0.500. The van der Waals surface area contributed by atoms with Gasteiger partial charge in [0.15, 0.2) is 5.78 Å². The minimum atomic E-state index is -0.640. The maximum atomic E-state index is 12.2. The molecule has 3 unspecified atom stereocenters. The summed E-state index contributed by atoms with van der Waals surface area (Å²) in [6, 6.07) is 0. The molecule has 3 heteroatoms. The number of Topliss-reactive ketones (excluding diaryl/α,β-unsaturated/α-hetero) is 1. The highest BCUT2D eigenvalue weighted by Gasteiger charge is 2.56. The summed E-state index contributed by atoms with van der Waals surface area (Å²) in [6.45, 7) is 1.91. The van der Waals surface area contributed by atoms with Gasteiger partial charge >= 0.3 is 0 Å². The average Bonchev–Trinajstić information content (AvgIpc) is 2.72. The minimum Gasteiger partial charge on any atom is -0.381 e. The molecule has 3 aliphatic rings. The van der Waals surface area contributed by atoms with Gasteiger partial charge in [0, 0.05) is 18.8 Å². The van der Waals surface area contributed by atoms with E-state index in [9.17, 15) is 4.79 Å². The third kappa shape index (κ3) is 1.12. The molecule has 0 bridgehead atoms. The van der Waals surface area contributed by atoms with Crippen molar-refractivity contribution in [2.45, 2.75) is 25.4 Å². The molecule has 0 aromatic heterocycles. The number of oxime groups is 1. The topological polar surface area (TPSA) is 38.7 Å². The van der Waals surface area contributed by atoms with Crippen LogP contribution in [0, 0.1) is 11.8 Å². The Morgan fingerprint density at radius 3 is 2.93 bits per heavy atom. The van der Waals surface area contributed by atoms with E-state index in [0.29, 0.717) is 12.3 Å². The lowest BCUT2D eigenvalue weighted by atomic mass is 9.91. The quantitative estimate of drug-likeness (QED) is 0.602. The van der Waals surface area contributed by atoms with Crippen LogP contribution >= 0.6 is 0 Å². The smallest absolute Gasteiger partial charge is 0.201 e. The van der Waals surface area contributed by atoms with Gasteiger partial charge in [-0.2, -0.15) is 0 Å². The van der Waals surface area contributed by atoms with Gasteiger partial charge in [0.1, 0.15) is 0 Å². The van der Waals surface area contributed by atoms with E-state index in [1.165, 1.54) is 0 Å². The van der Waals surface area contributed by atoms with E-state index in [1.807, 2.05) is 25.2 Å². The van der Waals surface area contributed by atoms with Crippen LogP contribution in [0.15, 0.2) is 29.5 Å². The normalized spacial score (nSPS) is 41.9. The zero-order valence-corrected chi connectivity index (χ0v) is 8.64. The van der Waals surface area contributed by atoms with Gasteiger partial charge in [-0.25, -0.2) is 0 Å². The highest BCUT2D eigenvalue weighted by molar-refractivity contribution is 6.00. The highest BCUT2D eigenvalue weighted by atomic mass is 16.7. The third-order valence-corrected chi connectivity index (χ3v) is 3.48. The Hall–Kier alpha value is -1.38. The lowest BCUT2D eigenvalue weighted by molar-refractivity contribution is -0.138. The molecule has 0 radical (unpaired) electrons. The van der Waals surface area contributed by atoms with E-state index < -0.39 is 5.60 Å². The number of ketones is 1. The summed E-state index contributed by atoms with van der Waals surface area (Å²) in [6.07, 6.45) is 9.49. The molecule has 0 saturated heterocycles. The number of hydrogen-bond acceptors (Lipinski definition) is 3. The Labute approximate surface area is 88.5 Å². The Morgan fingerprint density at radius 2 is 2.27 bits per heavy atom. The summed E-state index contributed by atoms with van der Waals surface area (Å²) in [5.41, 5.74) is 0.285. The van der Waals surface area contributed by atoms with Crippen LogP contribution in [0.4, 0.5) is 0 Å². The Kier molecular flexibility index (Phi) is 1.67. The molecule has 0 amide bonds. The van der Waals surface area contributed by atoms with Gasteiger partial charge in [0.25, 0.3) is 0 Å².